The first-order valence-corrected chi connectivity index (χ1v) is 5.89. The molecule has 0 atom stereocenters. The van der Waals surface area contributed by atoms with Crippen LogP contribution in [0.2, 0.25) is 0 Å². The zero-order valence-corrected chi connectivity index (χ0v) is 10.5. The third-order valence-corrected chi connectivity index (χ3v) is 3.00. The van der Waals surface area contributed by atoms with E-state index < -0.39 is 5.97 Å². The predicted molar refractivity (Wildman–Crippen MR) is 66.4 cm³/mol. The zero-order valence-electron chi connectivity index (χ0n) is 10.5. The van der Waals surface area contributed by atoms with Gasteiger partial charge in [0.15, 0.2) is 0 Å². The average Bonchev–Trinajstić information content (AvgIpc) is 3.08. The van der Waals surface area contributed by atoms with Gasteiger partial charge in [0.1, 0.15) is 18.4 Å². The molecule has 0 aromatic carbocycles. The van der Waals surface area contributed by atoms with E-state index in [-0.39, 0.29) is 12.6 Å². The molecule has 1 N–H and O–H groups in total. The van der Waals surface area contributed by atoms with Gasteiger partial charge in [-0.25, -0.2) is 4.98 Å². The molecule has 0 bridgehead atoms. The molecule has 5 nitrogen and oxygen atoms in total. The van der Waals surface area contributed by atoms with Gasteiger partial charge < -0.3 is 10.0 Å². The molecule has 1 aromatic rings. The second kappa shape index (κ2) is 4.65. The van der Waals surface area contributed by atoms with Gasteiger partial charge >= 0.3 is 5.97 Å². The monoisotopic (exact) mass is 245 g/mol. The minimum absolute atomic E-state index is 0.102. The molecule has 0 radical (unpaired) electrons. The lowest BCUT2D eigenvalue weighted by Gasteiger charge is -2.23. The van der Waals surface area contributed by atoms with Crippen LogP contribution >= 0.6 is 0 Å². The second-order valence-corrected chi connectivity index (χ2v) is 4.64. The van der Waals surface area contributed by atoms with Crippen LogP contribution in [-0.4, -0.2) is 28.6 Å². The van der Waals surface area contributed by atoms with Crippen LogP contribution in [0, 0.1) is 25.2 Å². The van der Waals surface area contributed by atoms with Gasteiger partial charge in [0.2, 0.25) is 0 Å². The van der Waals surface area contributed by atoms with Crippen LogP contribution in [0.4, 0.5) is 5.82 Å². The molecule has 2 rings (SSSR count). The summed E-state index contributed by atoms with van der Waals surface area (Å²) >= 11 is 0. The molecule has 1 saturated carbocycles. The van der Waals surface area contributed by atoms with E-state index in [0.717, 1.165) is 24.1 Å². The Balaban J connectivity index is 2.46. The lowest BCUT2D eigenvalue weighted by molar-refractivity contribution is -0.135. The van der Waals surface area contributed by atoms with Gasteiger partial charge in [-0.2, -0.15) is 5.26 Å². The average molecular weight is 245 g/mol. The molecule has 1 heterocycles. The van der Waals surface area contributed by atoms with Crippen LogP contribution in [0.3, 0.4) is 0 Å². The molecular weight excluding hydrogens is 230 g/mol. The van der Waals surface area contributed by atoms with E-state index in [9.17, 15) is 10.1 Å². The number of pyridine rings is 1. The standard InChI is InChI=1S/C13H15N3O2/c1-8-5-9(2)15-13(11(8)6-14)16(7-12(17)18)10-3-4-10/h5,10H,3-4,7H2,1-2H3,(H,17,18). The molecule has 0 saturated heterocycles. The van der Waals surface area contributed by atoms with Crippen molar-refractivity contribution in [2.24, 2.45) is 0 Å². The molecule has 0 unspecified atom stereocenters. The summed E-state index contributed by atoms with van der Waals surface area (Å²) in [7, 11) is 0. The zero-order chi connectivity index (χ0) is 13.3. The fourth-order valence-corrected chi connectivity index (χ4v) is 2.07. The van der Waals surface area contributed by atoms with Crippen molar-refractivity contribution in [3.63, 3.8) is 0 Å². The van der Waals surface area contributed by atoms with Gasteiger partial charge in [0, 0.05) is 11.7 Å². The molecule has 0 spiro atoms. The van der Waals surface area contributed by atoms with Gasteiger partial charge in [-0.1, -0.05) is 0 Å². The Morgan fingerprint density at radius 1 is 1.61 bits per heavy atom. The van der Waals surface area contributed by atoms with E-state index in [1.807, 2.05) is 19.9 Å². The van der Waals surface area contributed by atoms with Crippen LogP contribution in [0.1, 0.15) is 29.7 Å². The largest absolute Gasteiger partial charge is 0.480 e. The molecule has 94 valence electrons. The Labute approximate surface area is 106 Å². The number of aromatic nitrogens is 1. The molecular formula is C13H15N3O2. The lowest BCUT2D eigenvalue weighted by Crippen LogP contribution is -2.33. The van der Waals surface area contributed by atoms with Crippen molar-refractivity contribution in [1.82, 2.24) is 4.98 Å². The van der Waals surface area contributed by atoms with Crippen molar-refractivity contribution >= 4 is 11.8 Å². The number of hydrogen-bond acceptors (Lipinski definition) is 4. The highest BCUT2D eigenvalue weighted by molar-refractivity contribution is 5.75. The summed E-state index contributed by atoms with van der Waals surface area (Å²) in [6, 6.07) is 4.18. The van der Waals surface area contributed by atoms with Crippen LogP contribution in [0.5, 0.6) is 0 Å². The van der Waals surface area contributed by atoms with Crippen LogP contribution < -0.4 is 4.90 Å². The number of aryl methyl sites for hydroxylation is 2. The summed E-state index contributed by atoms with van der Waals surface area (Å²) in [5.41, 5.74) is 2.13. The van der Waals surface area contributed by atoms with Gasteiger partial charge in [-0.15, -0.1) is 0 Å². The molecule has 1 aliphatic rings. The molecule has 5 heteroatoms. The highest BCUT2D eigenvalue weighted by atomic mass is 16.4. The normalized spacial score (nSPS) is 14.1. The first-order chi connectivity index (χ1) is 8.52. The van der Waals surface area contributed by atoms with Crippen molar-refractivity contribution in [3.8, 4) is 6.07 Å². The molecule has 0 aliphatic heterocycles. The summed E-state index contributed by atoms with van der Waals surface area (Å²) < 4.78 is 0. The van der Waals surface area contributed by atoms with E-state index in [0.29, 0.717) is 11.4 Å². The molecule has 1 aromatic heterocycles. The minimum Gasteiger partial charge on any atom is -0.480 e. The highest BCUT2D eigenvalue weighted by Crippen LogP contribution is 2.33. The number of nitriles is 1. The van der Waals surface area contributed by atoms with Crippen LogP contribution in [-0.2, 0) is 4.79 Å². The predicted octanol–water partition coefficient (Wildman–Crippen LogP) is 1.62. The Hall–Kier alpha value is -2.09. The summed E-state index contributed by atoms with van der Waals surface area (Å²) in [5, 5.41) is 18.2. The van der Waals surface area contributed by atoms with Crippen molar-refractivity contribution in [3.05, 3.63) is 22.9 Å². The maximum Gasteiger partial charge on any atom is 0.323 e. The number of carboxylic acid groups (broad SMARTS) is 1. The Morgan fingerprint density at radius 3 is 2.78 bits per heavy atom. The quantitative estimate of drug-likeness (QED) is 0.872. The lowest BCUT2D eigenvalue weighted by atomic mass is 10.1. The van der Waals surface area contributed by atoms with E-state index >= 15 is 0 Å². The number of anilines is 1. The van der Waals surface area contributed by atoms with E-state index in [1.165, 1.54) is 0 Å². The Morgan fingerprint density at radius 2 is 2.28 bits per heavy atom. The molecule has 1 aliphatic carbocycles. The van der Waals surface area contributed by atoms with Crippen molar-refractivity contribution in [1.29, 1.82) is 5.26 Å². The van der Waals surface area contributed by atoms with Gasteiger partial charge in [-0.3, -0.25) is 4.79 Å². The number of carbonyl (C=O) groups is 1. The number of nitrogens with zero attached hydrogens (tertiary/aromatic N) is 3. The topological polar surface area (TPSA) is 77.2 Å². The van der Waals surface area contributed by atoms with Crippen molar-refractivity contribution < 1.29 is 9.90 Å². The third kappa shape index (κ3) is 2.43. The first-order valence-electron chi connectivity index (χ1n) is 5.89. The summed E-state index contributed by atoms with van der Waals surface area (Å²) in [5.74, 6) is -0.383. The maximum atomic E-state index is 10.9. The molecule has 1 fully saturated rings. The smallest absolute Gasteiger partial charge is 0.323 e. The maximum absolute atomic E-state index is 10.9. The van der Waals surface area contributed by atoms with Gasteiger partial charge in [0.25, 0.3) is 0 Å². The first kappa shape index (κ1) is 12.4. The summed E-state index contributed by atoms with van der Waals surface area (Å²) in [6.45, 7) is 3.60. The minimum atomic E-state index is -0.897. The van der Waals surface area contributed by atoms with Gasteiger partial charge in [0.05, 0.1) is 5.56 Å². The third-order valence-electron chi connectivity index (χ3n) is 3.00. The number of aliphatic carboxylic acids is 1. The SMILES string of the molecule is Cc1cc(C)c(C#N)c(N(CC(=O)O)C2CC2)n1. The van der Waals surface area contributed by atoms with Crippen molar-refractivity contribution in [2.45, 2.75) is 32.7 Å². The summed E-state index contributed by atoms with van der Waals surface area (Å²) in [4.78, 5) is 17.0. The van der Waals surface area contributed by atoms with Crippen molar-refractivity contribution in [2.75, 3.05) is 11.4 Å². The number of carboxylic acids is 1. The van der Waals surface area contributed by atoms with Gasteiger partial charge in [-0.05, 0) is 38.3 Å². The fraction of sp³-hybridized carbons (Fsp3) is 0.462. The highest BCUT2D eigenvalue weighted by Gasteiger charge is 2.33. The Kier molecular flexibility index (Phi) is 3.19. The molecule has 18 heavy (non-hydrogen) atoms. The van der Waals surface area contributed by atoms with E-state index in [1.54, 1.807) is 4.90 Å². The fourth-order valence-electron chi connectivity index (χ4n) is 2.07. The van der Waals surface area contributed by atoms with Crippen LogP contribution in [0.15, 0.2) is 6.07 Å². The van der Waals surface area contributed by atoms with Crippen LogP contribution in [0.25, 0.3) is 0 Å². The molecule has 0 amide bonds. The number of hydrogen-bond donors (Lipinski definition) is 1. The summed E-state index contributed by atoms with van der Waals surface area (Å²) in [6.07, 6.45) is 1.93. The Bertz CT molecular complexity index is 530. The van der Waals surface area contributed by atoms with E-state index in [2.05, 4.69) is 11.1 Å². The number of rotatable bonds is 4. The van der Waals surface area contributed by atoms with E-state index in [4.69, 9.17) is 5.11 Å². The second-order valence-electron chi connectivity index (χ2n) is 4.64.